The Bertz CT molecular complexity index is 616. The molecule has 0 amide bonds. The topological polar surface area (TPSA) is 37.3 Å². The van der Waals surface area contributed by atoms with E-state index in [4.69, 9.17) is 5.11 Å². The number of carboxylic acid groups (broad SMARTS) is 1. The molecular weight excluding hydrogens is 248 g/mol. The quantitative estimate of drug-likeness (QED) is 0.860. The Morgan fingerprint density at radius 3 is 2.30 bits per heavy atom. The van der Waals surface area contributed by atoms with Crippen LogP contribution in [-0.2, 0) is 17.6 Å². The standard InChI is InChI=1S/C18H16O2/c19-18(20)14-17-12-10-16(11-13-17)9-5-4-8-15-6-2-1-3-7-15/h1-3,6-7,10-13H,4,8,14H2,(H,19,20). The summed E-state index contributed by atoms with van der Waals surface area (Å²) in [5.41, 5.74) is 3.01. The average Bonchev–Trinajstić information content (AvgIpc) is 2.46. The van der Waals surface area contributed by atoms with Crippen molar-refractivity contribution in [3.8, 4) is 11.8 Å². The zero-order valence-corrected chi connectivity index (χ0v) is 11.2. The zero-order valence-electron chi connectivity index (χ0n) is 11.2. The van der Waals surface area contributed by atoms with Crippen LogP contribution in [-0.4, -0.2) is 11.1 Å². The van der Waals surface area contributed by atoms with Crippen LogP contribution in [0.25, 0.3) is 0 Å². The Kier molecular flexibility index (Phi) is 4.97. The smallest absolute Gasteiger partial charge is 0.307 e. The molecule has 0 aliphatic carbocycles. The highest BCUT2D eigenvalue weighted by molar-refractivity contribution is 5.70. The van der Waals surface area contributed by atoms with E-state index in [1.807, 2.05) is 42.5 Å². The van der Waals surface area contributed by atoms with Gasteiger partial charge in [-0.15, -0.1) is 0 Å². The summed E-state index contributed by atoms with van der Waals surface area (Å²) in [4.78, 5) is 10.6. The Morgan fingerprint density at radius 1 is 0.950 bits per heavy atom. The number of aryl methyl sites for hydroxylation is 1. The van der Waals surface area contributed by atoms with Gasteiger partial charge in [0.1, 0.15) is 0 Å². The predicted molar refractivity (Wildman–Crippen MR) is 79.4 cm³/mol. The van der Waals surface area contributed by atoms with E-state index in [1.54, 1.807) is 0 Å². The van der Waals surface area contributed by atoms with Crippen molar-refractivity contribution in [2.75, 3.05) is 0 Å². The fourth-order valence-electron chi connectivity index (χ4n) is 1.90. The minimum atomic E-state index is -0.813. The maximum Gasteiger partial charge on any atom is 0.307 e. The second-order valence-corrected chi connectivity index (χ2v) is 4.55. The van der Waals surface area contributed by atoms with E-state index in [1.165, 1.54) is 5.56 Å². The second-order valence-electron chi connectivity index (χ2n) is 4.55. The third-order valence-electron chi connectivity index (χ3n) is 2.92. The van der Waals surface area contributed by atoms with Crippen LogP contribution in [0.1, 0.15) is 23.1 Å². The molecule has 2 aromatic rings. The third-order valence-corrected chi connectivity index (χ3v) is 2.92. The molecule has 0 aliphatic rings. The first kappa shape index (κ1) is 13.9. The van der Waals surface area contributed by atoms with E-state index >= 15 is 0 Å². The van der Waals surface area contributed by atoms with E-state index in [9.17, 15) is 4.79 Å². The van der Waals surface area contributed by atoms with Gasteiger partial charge in [0.2, 0.25) is 0 Å². The van der Waals surface area contributed by atoms with E-state index in [0.29, 0.717) is 0 Å². The summed E-state index contributed by atoms with van der Waals surface area (Å²) < 4.78 is 0. The first-order chi connectivity index (χ1) is 9.74. The highest BCUT2D eigenvalue weighted by Crippen LogP contribution is 2.05. The summed E-state index contributed by atoms with van der Waals surface area (Å²) in [6.07, 6.45) is 1.83. The molecule has 0 bridgehead atoms. The fraction of sp³-hybridized carbons (Fsp3) is 0.167. The van der Waals surface area contributed by atoms with Gasteiger partial charge in [-0.3, -0.25) is 4.79 Å². The van der Waals surface area contributed by atoms with Gasteiger partial charge in [0.25, 0.3) is 0 Å². The van der Waals surface area contributed by atoms with Crippen LogP contribution >= 0.6 is 0 Å². The fourth-order valence-corrected chi connectivity index (χ4v) is 1.90. The molecule has 0 spiro atoms. The Hall–Kier alpha value is -2.53. The molecule has 0 aromatic heterocycles. The van der Waals surface area contributed by atoms with Gasteiger partial charge in [-0.25, -0.2) is 0 Å². The molecule has 0 saturated heterocycles. The zero-order chi connectivity index (χ0) is 14.2. The van der Waals surface area contributed by atoms with Gasteiger partial charge in [-0.1, -0.05) is 54.3 Å². The Balaban J connectivity index is 1.87. The lowest BCUT2D eigenvalue weighted by molar-refractivity contribution is -0.136. The molecule has 2 heteroatoms. The summed E-state index contributed by atoms with van der Waals surface area (Å²) >= 11 is 0. The van der Waals surface area contributed by atoms with Crippen LogP contribution in [0, 0.1) is 11.8 Å². The van der Waals surface area contributed by atoms with Crippen LogP contribution < -0.4 is 0 Å². The number of benzene rings is 2. The van der Waals surface area contributed by atoms with Gasteiger partial charge < -0.3 is 5.11 Å². The summed E-state index contributed by atoms with van der Waals surface area (Å²) in [5.74, 6) is 5.43. The molecule has 0 heterocycles. The number of carbonyl (C=O) groups is 1. The Labute approximate surface area is 119 Å². The van der Waals surface area contributed by atoms with Crippen molar-refractivity contribution in [2.24, 2.45) is 0 Å². The highest BCUT2D eigenvalue weighted by Gasteiger charge is 1.98. The van der Waals surface area contributed by atoms with Gasteiger partial charge in [-0.05, 0) is 29.7 Å². The van der Waals surface area contributed by atoms with Crippen molar-refractivity contribution in [1.29, 1.82) is 0 Å². The van der Waals surface area contributed by atoms with E-state index in [2.05, 4.69) is 24.0 Å². The first-order valence-corrected chi connectivity index (χ1v) is 6.57. The van der Waals surface area contributed by atoms with E-state index in [0.717, 1.165) is 24.0 Å². The average molecular weight is 264 g/mol. The highest BCUT2D eigenvalue weighted by atomic mass is 16.4. The molecule has 20 heavy (non-hydrogen) atoms. The minimum absolute atomic E-state index is 0.0573. The maximum absolute atomic E-state index is 10.6. The molecule has 0 unspecified atom stereocenters. The number of hydrogen-bond donors (Lipinski definition) is 1. The van der Waals surface area contributed by atoms with Gasteiger partial charge >= 0.3 is 5.97 Å². The number of carboxylic acids is 1. The molecule has 2 aromatic carbocycles. The van der Waals surface area contributed by atoms with Crippen LogP contribution in [0.15, 0.2) is 54.6 Å². The first-order valence-electron chi connectivity index (χ1n) is 6.57. The molecule has 0 fully saturated rings. The molecule has 0 aliphatic heterocycles. The summed E-state index contributed by atoms with van der Waals surface area (Å²) in [5, 5.41) is 8.69. The molecule has 1 N–H and O–H groups in total. The third kappa shape index (κ3) is 4.62. The molecule has 2 nitrogen and oxygen atoms in total. The van der Waals surface area contributed by atoms with Crippen molar-refractivity contribution < 1.29 is 9.90 Å². The predicted octanol–water partition coefficient (Wildman–Crippen LogP) is 3.30. The molecular formula is C18H16O2. The second kappa shape index (κ2) is 7.16. The molecule has 0 saturated carbocycles. The monoisotopic (exact) mass is 264 g/mol. The van der Waals surface area contributed by atoms with Gasteiger partial charge in [0, 0.05) is 12.0 Å². The van der Waals surface area contributed by atoms with Crippen LogP contribution in [0.5, 0.6) is 0 Å². The van der Waals surface area contributed by atoms with E-state index in [-0.39, 0.29) is 6.42 Å². The summed E-state index contributed by atoms with van der Waals surface area (Å²) in [7, 11) is 0. The lowest BCUT2D eigenvalue weighted by Gasteiger charge is -1.97. The molecule has 2 rings (SSSR count). The number of rotatable bonds is 4. The van der Waals surface area contributed by atoms with E-state index < -0.39 is 5.97 Å². The lowest BCUT2D eigenvalue weighted by Crippen LogP contribution is -1.99. The van der Waals surface area contributed by atoms with Crippen LogP contribution in [0.3, 0.4) is 0 Å². The maximum atomic E-state index is 10.6. The molecule has 0 radical (unpaired) electrons. The summed E-state index contributed by atoms with van der Waals surface area (Å²) in [6.45, 7) is 0. The van der Waals surface area contributed by atoms with Gasteiger partial charge in [0.05, 0.1) is 6.42 Å². The number of hydrogen-bond acceptors (Lipinski definition) is 1. The van der Waals surface area contributed by atoms with Crippen molar-refractivity contribution in [3.05, 3.63) is 71.3 Å². The van der Waals surface area contributed by atoms with Crippen molar-refractivity contribution >= 4 is 5.97 Å². The van der Waals surface area contributed by atoms with Crippen molar-refractivity contribution in [1.82, 2.24) is 0 Å². The van der Waals surface area contributed by atoms with Crippen LogP contribution in [0.4, 0.5) is 0 Å². The largest absolute Gasteiger partial charge is 0.481 e. The molecule has 0 atom stereocenters. The van der Waals surface area contributed by atoms with Crippen LogP contribution in [0.2, 0.25) is 0 Å². The molecule has 100 valence electrons. The Morgan fingerprint density at radius 2 is 1.65 bits per heavy atom. The van der Waals surface area contributed by atoms with Gasteiger partial charge in [-0.2, -0.15) is 0 Å². The SMILES string of the molecule is O=C(O)Cc1ccc(C#CCCc2ccccc2)cc1. The minimum Gasteiger partial charge on any atom is -0.481 e. The van der Waals surface area contributed by atoms with Crippen molar-refractivity contribution in [3.63, 3.8) is 0 Å². The lowest BCUT2D eigenvalue weighted by atomic mass is 10.1. The number of aliphatic carboxylic acids is 1. The van der Waals surface area contributed by atoms with Crippen molar-refractivity contribution in [2.45, 2.75) is 19.3 Å². The normalized spacial score (nSPS) is 9.60. The van der Waals surface area contributed by atoms with Gasteiger partial charge in [0.15, 0.2) is 0 Å². The summed E-state index contributed by atoms with van der Waals surface area (Å²) in [6, 6.07) is 17.6.